The quantitative estimate of drug-likeness (QED) is 0.740. The van der Waals surface area contributed by atoms with E-state index in [1.54, 1.807) is 0 Å². The van der Waals surface area contributed by atoms with Crippen molar-refractivity contribution >= 4 is 5.91 Å². The number of carbonyl (C=O) groups excluding carboxylic acids is 1. The molecular formula is C14H24N2O. The third-order valence-corrected chi connectivity index (χ3v) is 3.80. The maximum Gasteiger partial charge on any atom is 0.246 e. The molecule has 1 saturated carbocycles. The summed E-state index contributed by atoms with van der Waals surface area (Å²) in [6.07, 6.45) is 6.93. The summed E-state index contributed by atoms with van der Waals surface area (Å²) < 4.78 is 0. The minimum absolute atomic E-state index is 0.108. The van der Waals surface area contributed by atoms with Crippen LogP contribution in [0.2, 0.25) is 0 Å². The van der Waals surface area contributed by atoms with Gasteiger partial charge in [0.15, 0.2) is 0 Å². The minimum Gasteiger partial charge on any atom is -0.352 e. The Kier molecular flexibility index (Phi) is 4.21. The van der Waals surface area contributed by atoms with Gasteiger partial charge in [-0.1, -0.05) is 13.0 Å². The Bertz CT molecular complexity index is 307. The zero-order chi connectivity index (χ0) is 12.3. The third kappa shape index (κ3) is 3.56. The number of likely N-dealkylation sites (tertiary alicyclic amines) is 1. The van der Waals surface area contributed by atoms with Crippen LogP contribution in [-0.4, -0.2) is 36.5 Å². The number of hydrogen-bond donors (Lipinski definition) is 1. The van der Waals surface area contributed by atoms with E-state index in [9.17, 15) is 4.79 Å². The summed E-state index contributed by atoms with van der Waals surface area (Å²) in [6.45, 7) is 7.21. The van der Waals surface area contributed by atoms with Crippen molar-refractivity contribution in [2.24, 2.45) is 5.92 Å². The molecule has 0 radical (unpaired) electrons. The summed E-state index contributed by atoms with van der Waals surface area (Å²) >= 11 is 0. The molecule has 96 valence electrons. The van der Waals surface area contributed by atoms with Crippen molar-refractivity contribution in [1.82, 2.24) is 10.2 Å². The van der Waals surface area contributed by atoms with Gasteiger partial charge in [0.05, 0.1) is 0 Å². The summed E-state index contributed by atoms with van der Waals surface area (Å²) in [6, 6.07) is 0.873. The molecule has 1 aliphatic carbocycles. The largest absolute Gasteiger partial charge is 0.352 e. The van der Waals surface area contributed by atoms with Crippen LogP contribution in [0.25, 0.3) is 0 Å². The van der Waals surface area contributed by atoms with Gasteiger partial charge >= 0.3 is 0 Å². The molecule has 1 amide bonds. The molecule has 2 rings (SSSR count). The van der Waals surface area contributed by atoms with E-state index in [1.165, 1.54) is 32.4 Å². The van der Waals surface area contributed by atoms with Crippen LogP contribution >= 0.6 is 0 Å². The molecule has 0 bridgehead atoms. The van der Waals surface area contributed by atoms with E-state index < -0.39 is 0 Å². The molecule has 0 aromatic heterocycles. The Morgan fingerprint density at radius 1 is 1.41 bits per heavy atom. The first-order valence-electron chi connectivity index (χ1n) is 6.89. The van der Waals surface area contributed by atoms with Crippen molar-refractivity contribution in [1.29, 1.82) is 0 Å². The summed E-state index contributed by atoms with van der Waals surface area (Å²) in [4.78, 5) is 14.3. The van der Waals surface area contributed by atoms with Gasteiger partial charge in [0, 0.05) is 24.7 Å². The summed E-state index contributed by atoms with van der Waals surface area (Å²) in [5.74, 6) is 0.769. The smallest absolute Gasteiger partial charge is 0.246 e. The molecule has 3 heteroatoms. The van der Waals surface area contributed by atoms with Gasteiger partial charge in [-0.05, 0) is 45.1 Å². The lowest BCUT2D eigenvalue weighted by Gasteiger charge is -2.15. The van der Waals surface area contributed by atoms with E-state index >= 15 is 0 Å². The molecular weight excluding hydrogens is 212 g/mol. The van der Waals surface area contributed by atoms with E-state index in [-0.39, 0.29) is 5.91 Å². The van der Waals surface area contributed by atoms with Gasteiger partial charge in [-0.25, -0.2) is 0 Å². The fraction of sp³-hybridized carbons (Fsp3) is 0.786. The second-order valence-corrected chi connectivity index (χ2v) is 5.39. The van der Waals surface area contributed by atoms with Crippen molar-refractivity contribution in [2.75, 3.05) is 19.6 Å². The van der Waals surface area contributed by atoms with Gasteiger partial charge < -0.3 is 10.2 Å². The molecule has 0 aromatic rings. The second-order valence-electron chi connectivity index (χ2n) is 5.39. The van der Waals surface area contributed by atoms with Crippen LogP contribution < -0.4 is 5.32 Å². The predicted octanol–water partition coefficient (Wildman–Crippen LogP) is 1.94. The van der Waals surface area contributed by atoms with Crippen molar-refractivity contribution < 1.29 is 4.79 Å². The first-order chi connectivity index (χ1) is 8.20. The molecule has 1 saturated heterocycles. The summed E-state index contributed by atoms with van der Waals surface area (Å²) in [5, 5.41) is 3.06. The van der Waals surface area contributed by atoms with Crippen LogP contribution in [0.1, 0.15) is 39.5 Å². The van der Waals surface area contributed by atoms with E-state index in [1.807, 2.05) is 13.0 Å². The van der Waals surface area contributed by atoms with Gasteiger partial charge in [0.2, 0.25) is 5.91 Å². The van der Waals surface area contributed by atoms with Gasteiger partial charge in [-0.3, -0.25) is 4.79 Å². The number of nitrogens with zero attached hydrogens (tertiary/aromatic N) is 1. The van der Waals surface area contributed by atoms with Crippen LogP contribution in [0.4, 0.5) is 0 Å². The highest BCUT2D eigenvalue weighted by atomic mass is 16.1. The average molecular weight is 236 g/mol. The van der Waals surface area contributed by atoms with Crippen LogP contribution in [0, 0.1) is 5.92 Å². The molecule has 0 aromatic carbocycles. The molecule has 1 N–H and O–H groups in total. The Hall–Kier alpha value is -0.830. The van der Waals surface area contributed by atoms with Crippen LogP contribution in [0.3, 0.4) is 0 Å². The maximum absolute atomic E-state index is 11.7. The highest BCUT2D eigenvalue weighted by Crippen LogP contribution is 2.31. The maximum atomic E-state index is 11.7. The fourth-order valence-electron chi connectivity index (χ4n) is 2.58. The van der Waals surface area contributed by atoms with Crippen LogP contribution in [-0.2, 0) is 4.79 Å². The summed E-state index contributed by atoms with van der Waals surface area (Å²) in [7, 11) is 0. The standard InChI is InChI=1S/C14H24N2O/c1-3-4-11(2)14(17)15-9-12-7-8-16(10-12)13-5-6-13/h4,12-13H,3,5-10H2,1-2H3,(H,15,17)/b11-4+/t12-/m1/s1. The van der Waals surface area contributed by atoms with Crippen molar-refractivity contribution in [3.05, 3.63) is 11.6 Å². The zero-order valence-electron chi connectivity index (χ0n) is 11.0. The fourth-order valence-corrected chi connectivity index (χ4v) is 2.58. The van der Waals surface area contributed by atoms with Crippen molar-refractivity contribution in [3.63, 3.8) is 0 Å². The lowest BCUT2D eigenvalue weighted by atomic mass is 10.1. The Labute approximate surface area is 104 Å². The normalized spacial score (nSPS) is 26.2. The number of rotatable bonds is 5. The molecule has 17 heavy (non-hydrogen) atoms. The van der Waals surface area contributed by atoms with Gasteiger partial charge in [0.25, 0.3) is 0 Å². The number of allylic oxidation sites excluding steroid dienone is 1. The van der Waals surface area contributed by atoms with E-state index in [4.69, 9.17) is 0 Å². The number of amides is 1. The van der Waals surface area contributed by atoms with Gasteiger partial charge in [-0.2, -0.15) is 0 Å². The number of hydrogen-bond acceptors (Lipinski definition) is 2. The minimum atomic E-state index is 0.108. The first kappa shape index (κ1) is 12.6. The van der Waals surface area contributed by atoms with Gasteiger partial charge in [-0.15, -0.1) is 0 Å². The lowest BCUT2D eigenvalue weighted by molar-refractivity contribution is -0.117. The average Bonchev–Trinajstić information content (AvgIpc) is 3.06. The second kappa shape index (κ2) is 5.67. The monoisotopic (exact) mass is 236 g/mol. The van der Waals surface area contributed by atoms with Crippen LogP contribution in [0.5, 0.6) is 0 Å². The molecule has 3 nitrogen and oxygen atoms in total. The van der Waals surface area contributed by atoms with Gasteiger partial charge in [0.1, 0.15) is 0 Å². The molecule has 1 heterocycles. The highest BCUT2D eigenvalue weighted by molar-refractivity contribution is 5.92. The topological polar surface area (TPSA) is 32.3 Å². The highest BCUT2D eigenvalue weighted by Gasteiger charge is 2.34. The molecule has 1 aliphatic heterocycles. The molecule has 0 unspecified atom stereocenters. The third-order valence-electron chi connectivity index (χ3n) is 3.80. The Morgan fingerprint density at radius 2 is 2.18 bits per heavy atom. The summed E-state index contributed by atoms with van der Waals surface area (Å²) in [5.41, 5.74) is 0.851. The number of nitrogens with one attached hydrogen (secondary N) is 1. The Morgan fingerprint density at radius 3 is 2.82 bits per heavy atom. The van der Waals surface area contributed by atoms with Crippen LogP contribution in [0.15, 0.2) is 11.6 Å². The predicted molar refractivity (Wildman–Crippen MR) is 69.8 cm³/mol. The molecule has 0 spiro atoms. The lowest BCUT2D eigenvalue weighted by Crippen LogP contribution is -2.31. The SMILES string of the molecule is CC/C=C(\C)C(=O)NC[C@H]1CCN(C2CC2)C1. The van der Waals surface area contributed by atoms with E-state index in [2.05, 4.69) is 17.1 Å². The van der Waals surface area contributed by atoms with E-state index in [0.717, 1.165) is 24.6 Å². The number of carbonyl (C=O) groups is 1. The van der Waals surface area contributed by atoms with Crippen molar-refractivity contribution in [3.8, 4) is 0 Å². The molecule has 2 fully saturated rings. The zero-order valence-corrected chi connectivity index (χ0v) is 11.0. The van der Waals surface area contributed by atoms with Crippen molar-refractivity contribution in [2.45, 2.75) is 45.6 Å². The van der Waals surface area contributed by atoms with E-state index in [0.29, 0.717) is 5.92 Å². The molecule has 2 aliphatic rings. The first-order valence-corrected chi connectivity index (χ1v) is 6.89. The Balaban J connectivity index is 1.68. The molecule has 1 atom stereocenters.